The molecule has 1 heterocycles. The summed E-state index contributed by atoms with van der Waals surface area (Å²) in [5.41, 5.74) is 2.48. The molecule has 1 fully saturated rings. The molecule has 0 aromatic heterocycles. The first-order valence-corrected chi connectivity index (χ1v) is 9.47. The fourth-order valence-electron chi connectivity index (χ4n) is 3.43. The van der Waals surface area contributed by atoms with Crippen molar-refractivity contribution in [1.29, 1.82) is 0 Å². The van der Waals surface area contributed by atoms with Crippen molar-refractivity contribution < 1.29 is 19.1 Å². The van der Waals surface area contributed by atoms with E-state index in [-0.39, 0.29) is 35.3 Å². The monoisotopic (exact) mass is 362 g/mol. The third-order valence-corrected chi connectivity index (χ3v) is 5.58. The molecule has 1 atom stereocenters. The molecule has 3 amide bonds. The maximum absolute atomic E-state index is 12.3. The van der Waals surface area contributed by atoms with Crippen molar-refractivity contribution in [1.82, 2.24) is 10.2 Å². The topological polar surface area (TPSA) is 75.7 Å². The van der Waals surface area contributed by atoms with Crippen LogP contribution in [0, 0.1) is 0 Å². The van der Waals surface area contributed by atoms with Crippen LogP contribution in [0.1, 0.15) is 36.3 Å². The van der Waals surface area contributed by atoms with Crippen molar-refractivity contribution in [2.45, 2.75) is 31.6 Å². The number of ether oxygens (including phenoxy) is 1. The third-order valence-electron chi connectivity index (χ3n) is 4.72. The van der Waals surface area contributed by atoms with Crippen LogP contribution in [-0.2, 0) is 16.0 Å². The number of benzene rings is 1. The second-order valence-electron chi connectivity index (χ2n) is 6.31. The number of amides is 3. The van der Waals surface area contributed by atoms with Gasteiger partial charge in [-0.05, 0) is 48.4 Å². The molecule has 0 spiro atoms. The number of nitrogens with one attached hydrogen (secondary N) is 1. The zero-order chi connectivity index (χ0) is 17.8. The predicted octanol–water partition coefficient (Wildman–Crippen LogP) is 2.32. The van der Waals surface area contributed by atoms with Gasteiger partial charge in [0.1, 0.15) is 5.75 Å². The molecular formula is C18H22N2O4S. The van der Waals surface area contributed by atoms with Gasteiger partial charge >= 0.3 is 0 Å². The van der Waals surface area contributed by atoms with Crippen molar-refractivity contribution in [3.63, 3.8) is 0 Å². The summed E-state index contributed by atoms with van der Waals surface area (Å²) in [6.45, 7) is 0.550. The van der Waals surface area contributed by atoms with Crippen LogP contribution in [0.4, 0.5) is 4.79 Å². The van der Waals surface area contributed by atoms with Crippen molar-refractivity contribution in [3.05, 3.63) is 29.3 Å². The highest BCUT2D eigenvalue weighted by molar-refractivity contribution is 8.14. The Morgan fingerprint density at radius 3 is 2.96 bits per heavy atom. The fraction of sp³-hybridized carbons (Fsp3) is 0.500. The molecule has 1 aliphatic carbocycles. The largest absolute Gasteiger partial charge is 0.497 e. The highest BCUT2D eigenvalue weighted by atomic mass is 32.2. The zero-order valence-electron chi connectivity index (χ0n) is 14.2. The van der Waals surface area contributed by atoms with Crippen LogP contribution in [0.25, 0.3) is 0 Å². The Morgan fingerprint density at radius 2 is 2.24 bits per heavy atom. The molecule has 7 heteroatoms. The van der Waals surface area contributed by atoms with Crippen LogP contribution in [0.5, 0.6) is 5.75 Å². The molecule has 134 valence electrons. The van der Waals surface area contributed by atoms with E-state index in [0.717, 1.165) is 36.8 Å². The minimum atomic E-state index is -0.227. The molecule has 1 saturated heterocycles. The van der Waals surface area contributed by atoms with Crippen molar-refractivity contribution >= 4 is 28.8 Å². The van der Waals surface area contributed by atoms with Crippen LogP contribution in [0.3, 0.4) is 0 Å². The normalized spacial score (nSPS) is 19.7. The summed E-state index contributed by atoms with van der Waals surface area (Å²) >= 11 is 1.01. The molecule has 1 N–H and O–H groups in total. The first-order chi connectivity index (χ1) is 12.1. The summed E-state index contributed by atoms with van der Waals surface area (Å²) in [6, 6.07) is 6.06. The summed E-state index contributed by atoms with van der Waals surface area (Å²) in [7, 11) is 1.66. The number of fused-ring (bicyclic) bond motifs is 1. The smallest absolute Gasteiger partial charge is 0.288 e. The third kappa shape index (κ3) is 4.15. The van der Waals surface area contributed by atoms with Gasteiger partial charge in [0.05, 0.1) is 12.9 Å². The van der Waals surface area contributed by atoms with Gasteiger partial charge in [-0.15, -0.1) is 0 Å². The van der Waals surface area contributed by atoms with Gasteiger partial charge in [0.2, 0.25) is 11.8 Å². The quantitative estimate of drug-likeness (QED) is 0.840. The number of aryl methyl sites for hydroxylation is 1. The lowest BCUT2D eigenvalue weighted by Crippen LogP contribution is -2.37. The van der Waals surface area contributed by atoms with Crippen molar-refractivity contribution in [3.8, 4) is 5.75 Å². The van der Waals surface area contributed by atoms with Crippen LogP contribution >= 0.6 is 11.8 Å². The molecule has 1 aromatic rings. The number of carbonyl (C=O) groups is 3. The number of nitrogens with zero attached hydrogens (tertiary/aromatic N) is 1. The Kier molecular flexibility index (Phi) is 5.63. The van der Waals surface area contributed by atoms with E-state index in [0.29, 0.717) is 13.0 Å². The highest BCUT2D eigenvalue weighted by Gasteiger charge is 2.29. The fourth-order valence-corrected chi connectivity index (χ4v) is 4.18. The molecular weight excluding hydrogens is 340 g/mol. The lowest BCUT2D eigenvalue weighted by Gasteiger charge is -2.25. The summed E-state index contributed by atoms with van der Waals surface area (Å²) in [4.78, 5) is 36.5. The number of carbonyl (C=O) groups excluding carboxylic acids is 3. The van der Waals surface area contributed by atoms with E-state index in [1.807, 2.05) is 6.07 Å². The second-order valence-corrected chi connectivity index (χ2v) is 7.23. The van der Waals surface area contributed by atoms with E-state index in [4.69, 9.17) is 4.74 Å². The van der Waals surface area contributed by atoms with Crippen molar-refractivity contribution in [2.75, 3.05) is 26.0 Å². The molecule has 0 radical (unpaired) electrons. The van der Waals surface area contributed by atoms with Gasteiger partial charge in [0.25, 0.3) is 5.24 Å². The van der Waals surface area contributed by atoms with Gasteiger partial charge in [0.15, 0.2) is 0 Å². The number of methoxy groups -OCH3 is 1. The number of hydrogen-bond donors (Lipinski definition) is 1. The van der Waals surface area contributed by atoms with E-state index in [1.165, 1.54) is 16.0 Å². The van der Waals surface area contributed by atoms with Crippen LogP contribution in [-0.4, -0.2) is 47.9 Å². The molecule has 0 bridgehead atoms. The van der Waals surface area contributed by atoms with E-state index in [2.05, 4.69) is 17.4 Å². The first kappa shape index (κ1) is 17.8. The van der Waals surface area contributed by atoms with E-state index >= 15 is 0 Å². The Bertz CT molecular complexity index is 676. The summed E-state index contributed by atoms with van der Waals surface area (Å²) < 4.78 is 5.28. The van der Waals surface area contributed by atoms with E-state index in [9.17, 15) is 14.4 Å². The number of rotatable bonds is 6. The Hall–Kier alpha value is -2.02. The maximum Gasteiger partial charge on any atom is 0.288 e. The standard InChI is InChI=1S/C18H22N2O4S/c1-24-14-5-6-15-12(9-14)3-2-4-13(15)10-16(21)19-7-8-20-17(22)11-25-18(20)23/h5-6,9,13H,2-4,7-8,10-11H2,1H3,(H,19,21). The number of hydrogen-bond acceptors (Lipinski definition) is 5. The zero-order valence-corrected chi connectivity index (χ0v) is 15.1. The van der Waals surface area contributed by atoms with Gasteiger partial charge < -0.3 is 10.1 Å². The number of thioether (sulfide) groups is 1. The van der Waals surface area contributed by atoms with Crippen molar-refractivity contribution in [2.24, 2.45) is 0 Å². The SMILES string of the molecule is COc1ccc2c(c1)CCCC2CC(=O)NCCN1C(=O)CSC1=O. The molecule has 1 unspecified atom stereocenters. The minimum Gasteiger partial charge on any atom is -0.497 e. The van der Waals surface area contributed by atoms with Gasteiger partial charge in [-0.3, -0.25) is 19.3 Å². The molecule has 3 rings (SSSR count). The first-order valence-electron chi connectivity index (χ1n) is 8.49. The molecule has 2 aliphatic rings. The average Bonchev–Trinajstić information content (AvgIpc) is 2.93. The predicted molar refractivity (Wildman–Crippen MR) is 95.9 cm³/mol. The molecule has 1 aromatic carbocycles. The second kappa shape index (κ2) is 7.91. The molecule has 6 nitrogen and oxygen atoms in total. The van der Waals surface area contributed by atoms with Crippen LogP contribution in [0.2, 0.25) is 0 Å². The highest BCUT2D eigenvalue weighted by Crippen LogP contribution is 2.35. The molecule has 1 aliphatic heterocycles. The molecule has 25 heavy (non-hydrogen) atoms. The lowest BCUT2D eigenvalue weighted by molar-refractivity contribution is -0.125. The van der Waals surface area contributed by atoms with Gasteiger partial charge in [-0.25, -0.2) is 0 Å². The minimum absolute atomic E-state index is 0.0413. The Morgan fingerprint density at radius 1 is 1.40 bits per heavy atom. The summed E-state index contributed by atoms with van der Waals surface area (Å²) in [5.74, 6) is 1.04. The summed E-state index contributed by atoms with van der Waals surface area (Å²) in [6.07, 6.45) is 3.50. The molecule has 0 saturated carbocycles. The van der Waals surface area contributed by atoms with Crippen LogP contribution < -0.4 is 10.1 Å². The Balaban J connectivity index is 1.52. The van der Waals surface area contributed by atoms with E-state index < -0.39 is 0 Å². The summed E-state index contributed by atoms with van der Waals surface area (Å²) in [5, 5.41) is 2.60. The van der Waals surface area contributed by atoms with Crippen LogP contribution in [0.15, 0.2) is 18.2 Å². The maximum atomic E-state index is 12.3. The van der Waals surface area contributed by atoms with E-state index in [1.54, 1.807) is 7.11 Å². The Labute approximate surface area is 151 Å². The average molecular weight is 362 g/mol. The van der Waals surface area contributed by atoms with Gasteiger partial charge in [-0.2, -0.15) is 0 Å². The number of imide groups is 1. The lowest BCUT2D eigenvalue weighted by atomic mass is 9.81. The van der Waals surface area contributed by atoms with Gasteiger partial charge in [0, 0.05) is 19.5 Å². The van der Waals surface area contributed by atoms with Gasteiger partial charge in [-0.1, -0.05) is 17.8 Å².